The van der Waals surface area contributed by atoms with Crippen molar-refractivity contribution in [3.05, 3.63) is 70.5 Å². The number of hydrogen-bond donors (Lipinski definition) is 0. The van der Waals surface area contributed by atoms with Gasteiger partial charge in [-0.05, 0) is 12.1 Å². The molecular formula is C13H8Cl3F. The molecule has 4 heteroatoms. The van der Waals surface area contributed by atoms with Crippen molar-refractivity contribution in [1.29, 1.82) is 0 Å². The van der Waals surface area contributed by atoms with E-state index < -0.39 is 10.2 Å². The molecule has 88 valence electrons. The molecule has 0 fully saturated rings. The number of hydrogen-bond acceptors (Lipinski definition) is 0. The fraction of sp³-hybridized carbons (Fsp3) is 0.0769. The highest BCUT2D eigenvalue weighted by molar-refractivity contribution is 6.51. The third-order valence-corrected chi connectivity index (χ3v) is 3.57. The first-order chi connectivity index (χ1) is 8.03. The van der Waals surface area contributed by atoms with Crippen LogP contribution in [0.1, 0.15) is 11.1 Å². The van der Waals surface area contributed by atoms with Crippen molar-refractivity contribution in [2.24, 2.45) is 0 Å². The highest BCUT2D eigenvalue weighted by Crippen LogP contribution is 2.44. The zero-order valence-corrected chi connectivity index (χ0v) is 10.9. The van der Waals surface area contributed by atoms with Gasteiger partial charge in [-0.2, -0.15) is 0 Å². The average Bonchev–Trinajstić information content (AvgIpc) is 2.29. The van der Waals surface area contributed by atoms with Crippen LogP contribution in [0.3, 0.4) is 0 Å². The summed E-state index contributed by atoms with van der Waals surface area (Å²) in [6.07, 6.45) is 0. The van der Waals surface area contributed by atoms with E-state index in [0.717, 1.165) is 0 Å². The van der Waals surface area contributed by atoms with Gasteiger partial charge < -0.3 is 0 Å². The molecule has 0 spiro atoms. The van der Waals surface area contributed by atoms with Crippen LogP contribution in [-0.4, -0.2) is 0 Å². The van der Waals surface area contributed by atoms with Gasteiger partial charge in [-0.3, -0.25) is 0 Å². The third kappa shape index (κ3) is 2.42. The molecule has 0 aliphatic carbocycles. The molecule has 0 atom stereocenters. The van der Waals surface area contributed by atoms with E-state index in [4.69, 9.17) is 34.8 Å². The van der Waals surface area contributed by atoms with Crippen LogP contribution in [0.4, 0.5) is 4.39 Å². The number of rotatable bonds is 2. The summed E-state index contributed by atoms with van der Waals surface area (Å²) in [6, 6.07) is 13.0. The van der Waals surface area contributed by atoms with E-state index in [-0.39, 0.29) is 5.56 Å². The average molecular weight is 290 g/mol. The van der Waals surface area contributed by atoms with Crippen LogP contribution >= 0.6 is 34.8 Å². The van der Waals surface area contributed by atoms with Crippen molar-refractivity contribution >= 4 is 34.8 Å². The van der Waals surface area contributed by atoms with Gasteiger partial charge in [0.1, 0.15) is 5.82 Å². The first-order valence-electron chi connectivity index (χ1n) is 4.91. The minimum atomic E-state index is -1.50. The predicted octanol–water partition coefficient (Wildman–Crippen LogP) is 5.16. The van der Waals surface area contributed by atoms with E-state index in [0.29, 0.717) is 10.6 Å². The maximum Gasteiger partial charge on any atom is 0.172 e. The molecule has 0 unspecified atom stereocenters. The van der Waals surface area contributed by atoms with Crippen molar-refractivity contribution < 1.29 is 4.39 Å². The summed E-state index contributed by atoms with van der Waals surface area (Å²) in [6.45, 7) is 0. The van der Waals surface area contributed by atoms with Gasteiger partial charge >= 0.3 is 0 Å². The molecule has 0 bridgehead atoms. The Bertz CT molecular complexity index is 490. The molecule has 17 heavy (non-hydrogen) atoms. The largest absolute Gasteiger partial charge is 0.207 e. The van der Waals surface area contributed by atoms with Gasteiger partial charge in [0, 0.05) is 16.1 Å². The first kappa shape index (κ1) is 12.7. The lowest BCUT2D eigenvalue weighted by Gasteiger charge is -2.22. The van der Waals surface area contributed by atoms with Gasteiger partial charge in [-0.1, -0.05) is 71.2 Å². The Balaban J connectivity index is 2.58. The van der Waals surface area contributed by atoms with Crippen LogP contribution < -0.4 is 0 Å². The maximum absolute atomic E-state index is 13.7. The topological polar surface area (TPSA) is 0 Å². The summed E-state index contributed by atoms with van der Waals surface area (Å²) < 4.78 is 12.2. The quantitative estimate of drug-likeness (QED) is 0.670. The number of benzene rings is 2. The van der Waals surface area contributed by atoms with Gasteiger partial charge in [0.05, 0.1) is 0 Å². The van der Waals surface area contributed by atoms with Gasteiger partial charge in [0.25, 0.3) is 0 Å². The number of alkyl halides is 2. The molecule has 2 rings (SSSR count). The van der Waals surface area contributed by atoms with Crippen molar-refractivity contribution in [2.45, 2.75) is 4.33 Å². The summed E-state index contributed by atoms with van der Waals surface area (Å²) in [5.74, 6) is -0.461. The smallest absolute Gasteiger partial charge is 0.172 e. The van der Waals surface area contributed by atoms with Crippen LogP contribution in [0, 0.1) is 5.82 Å². The Morgan fingerprint density at radius 2 is 1.35 bits per heavy atom. The molecule has 0 aromatic heterocycles. The second-order valence-corrected chi connectivity index (χ2v) is 5.27. The molecule has 0 radical (unpaired) electrons. The van der Waals surface area contributed by atoms with Crippen LogP contribution in [0.25, 0.3) is 0 Å². The summed E-state index contributed by atoms with van der Waals surface area (Å²) in [5, 5.41) is 0.403. The summed E-state index contributed by atoms with van der Waals surface area (Å²) in [7, 11) is 0. The monoisotopic (exact) mass is 288 g/mol. The standard InChI is InChI=1S/C13H8Cl3F/c14-11-7-3-1-5-9(11)13(15,16)10-6-2-4-8-12(10)17/h1-8H. The van der Waals surface area contributed by atoms with E-state index in [1.165, 1.54) is 6.07 Å². The number of halogens is 4. The van der Waals surface area contributed by atoms with Gasteiger partial charge in [-0.15, -0.1) is 0 Å². The Hall–Kier alpha value is -0.760. The van der Waals surface area contributed by atoms with E-state index in [9.17, 15) is 4.39 Å². The molecule has 0 saturated heterocycles. The Labute approximate surface area is 114 Å². The maximum atomic E-state index is 13.7. The van der Waals surface area contributed by atoms with Crippen LogP contribution in [0.15, 0.2) is 48.5 Å². The predicted molar refractivity (Wildman–Crippen MR) is 70.3 cm³/mol. The normalized spacial score (nSPS) is 11.5. The van der Waals surface area contributed by atoms with Gasteiger partial charge in [0.15, 0.2) is 4.33 Å². The van der Waals surface area contributed by atoms with E-state index in [1.807, 2.05) is 0 Å². The van der Waals surface area contributed by atoms with Crippen LogP contribution in [0.5, 0.6) is 0 Å². The molecule has 2 aromatic rings. The lowest BCUT2D eigenvalue weighted by molar-refractivity contribution is 0.608. The minimum absolute atomic E-state index is 0.191. The minimum Gasteiger partial charge on any atom is -0.207 e. The van der Waals surface area contributed by atoms with Crippen molar-refractivity contribution in [1.82, 2.24) is 0 Å². The molecule has 0 heterocycles. The Morgan fingerprint density at radius 1 is 0.824 bits per heavy atom. The van der Waals surface area contributed by atoms with Crippen molar-refractivity contribution in [3.8, 4) is 0 Å². The molecule has 0 nitrogen and oxygen atoms in total. The Morgan fingerprint density at radius 3 is 1.94 bits per heavy atom. The van der Waals surface area contributed by atoms with Gasteiger partial charge in [0.2, 0.25) is 0 Å². The zero-order valence-electron chi connectivity index (χ0n) is 8.63. The summed E-state index contributed by atoms with van der Waals surface area (Å²) in [4.78, 5) is 0. The summed E-state index contributed by atoms with van der Waals surface area (Å²) >= 11 is 18.5. The fourth-order valence-corrected chi connectivity index (χ4v) is 2.59. The lowest BCUT2D eigenvalue weighted by atomic mass is 10.0. The zero-order chi connectivity index (χ0) is 12.5. The molecule has 0 aliphatic rings. The third-order valence-electron chi connectivity index (χ3n) is 2.42. The highest BCUT2D eigenvalue weighted by atomic mass is 35.5. The van der Waals surface area contributed by atoms with Crippen LogP contribution in [0.2, 0.25) is 5.02 Å². The molecule has 0 amide bonds. The molecular weight excluding hydrogens is 281 g/mol. The second kappa shape index (κ2) is 4.85. The molecule has 0 saturated carbocycles. The van der Waals surface area contributed by atoms with E-state index in [2.05, 4.69) is 0 Å². The van der Waals surface area contributed by atoms with Crippen LogP contribution in [-0.2, 0) is 4.33 Å². The second-order valence-electron chi connectivity index (χ2n) is 3.53. The van der Waals surface area contributed by atoms with E-state index >= 15 is 0 Å². The Kier molecular flexibility index (Phi) is 3.62. The van der Waals surface area contributed by atoms with E-state index in [1.54, 1.807) is 42.5 Å². The molecule has 0 aliphatic heterocycles. The van der Waals surface area contributed by atoms with Crippen molar-refractivity contribution in [3.63, 3.8) is 0 Å². The SMILES string of the molecule is Fc1ccccc1C(Cl)(Cl)c1ccccc1Cl. The lowest BCUT2D eigenvalue weighted by Crippen LogP contribution is -2.14. The fourth-order valence-electron chi connectivity index (χ4n) is 1.58. The molecule has 2 aromatic carbocycles. The highest BCUT2D eigenvalue weighted by Gasteiger charge is 2.33. The summed E-state index contributed by atoms with van der Waals surface area (Å²) in [5.41, 5.74) is 0.659. The molecule has 0 N–H and O–H groups in total. The van der Waals surface area contributed by atoms with Gasteiger partial charge in [-0.25, -0.2) is 4.39 Å². The van der Waals surface area contributed by atoms with Crippen molar-refractivity contribution in [2.75, 3.05) is 0 Å². The first-order valence-corrected chi connectivity index (χ1v) is 6.04.